The summed E-state index contributed by atoms with van der Waals surface area (Å²) >= 11 is 0. The van der Waals surface area contributed by atoms with Crippen LogP contribution in [0, 0.1) is 0 Å². The summed E-state index contributed by atoms with van der Waals surface area (Å²) in [5.74, 6) is 0.0996. The number of rotatable bonds is 5. The fourth-order valence-electron chi connectivity index (χ4n) is 2.49. The minimum absolute atomic E-state index is 0.229. The van der Waals surface area contributed by atoms with Gasteiger partial charge in [-0.25, -0.2) is 0 Å². The molecule has 0 aliphatic rings. The Kier molecular flexibility index (Phi) is 4.84. The molecule has 0 spiro atoms. The zero-order valence-electron chi connectivity index (χ0n) is 14.6. The monoisotopic (exact) mass is 335 g/mol. The first-order valence-corrected chi connectivity index (χ1v) is 8.21. The molecule has 1 heterocycles. The third-order valence-electron chi connectivity index (χ3n) is 4.03. The smallest absolute Gasteiger partial charge is 0.258 e. The zero-order valence-corrected chi connectivity index (χ0v) is 14.6. The number of benzene rings is 2. The van der Waals surface area contributed by atoms with Crippen LogP contribution in [-0.2, 0) is 6.42 Å². The lowest BCUT2D eigenvalue weighted by Crippen LogP contribution is -2.13. The Labute approximate surface area is 147 Å². The van der Waals surface area contributed by atoms with Crippen molar-refractivity contribution in [3.05, 3.63) is 65.7 Å². The second-order valence-electron chi connectivity index (χ2n) is 6.03. The number of aryl methyl sites for hydroxylation is 1. The molecule has 0 saturated carbocycles. The zero-order chi connectivity index (χ0) is 17.8. The summed E-state index contributed by atoms with van der Waals surface area (Å²) in [6.07, 6.45) is 0.992. The van der Waals surface area contributed by atoms with E-state index in [0.717, 1.165) is 17.7 Å². The Morgan fingerprint density at radius 1 is 1.12 bits per heavy atom. The standard InChI is InChI=1S/C20H21N3O2/c1-4-14-8-10-15(11-9-14)18-13-19(25-22-18)21-20(24)16-6-5-7-17(12-16)23(2)3/h5-13H,4H2,1-3H3,(H,21,24). The highest BCUT2D eigenvalue weighted by Gasteiger charge is 2.12. The number of amides is 1. The summed E-state index contributed by atoms with van der Waals surface area (Å²) in [4.78, 5) is 14.3. The van der Waals surface area contributed by atoms with Gasteiger partial charge in [0.15, 0.2) is 0 Å². The van der Waals surface area contributed by atoms with Crippen molar-refractivity contribution < 1.29 is 9.32 Å². The van der Waals surface area contributed by atoms with Crippen molar-refractivity contribution in [3.8, 4) is 11.3 Å². The van der Waals surface area contributed by atoms with E-state index in [0.29, 0.717) is 17.1 Å². The van der Waals surface area contributed by atoms with Gasteiger partial charge in [-0.1, -0.05) is 42.4 Å². The van der Waals surface area contributed by atoms with E-state index in [-0.39, 0.29) is 5.91 Å². The number of carbonyl (C=O) groups is 1. The van der Waals surface area contributed by atoms with Gasteiger partial charge in [0, 0.05) is 37.0 Å². The van der Waals surface area contributed by atoms with Gasteiger partial charge in [0.1, 0.15) is 5.69 Å². The molecule has 25 heavy (non-hydrogen) atoms. The summed E-state index contributed by atoms with van der Waals surface area (Å²) in [5, 5.41) is 6.79. The van der Waals surface area contributed by atoms with Crippen LogP contribution in [0.4, 0.5) is 11.6 Å². The second kappa shape index (κ2) is 7.21. The molecule has 0 saturated heterocycles. The lowest BCUT2D eigenvalue weighted by atomic mass is 10.1. The summed E-state index contributed by atoms with van der Waals surface area (Å²) in [7, 11) is 3.87. The van der Waals surface area contributed by atoms with E-state index in [1.54, 1.807) is 12.1 Å². The lowest BCUT2D eigenvalue weighted by molar-refractivity contribution is 0.102. The van der Waals surface area contributed by atoms with Crippen LogP contribution >= 0.6 is 0 Å². The fourth-order valence-corrected chi connectivity index (χ4v) is 2.49. The molecule has 3 rings (SSSR count). The Morgan fingerprint density at radius 3 is 2.56 bits per heavy atom. The van der Waals surface area contributed by atoms with Crippen LogP contribution in [0.1, 0.15) is 22.8 Å². The topological polar surface area (TPSA) is 58.4 Å². The van der Waals surface area contributed by atoms with Gasteiger partial charge in [-0.15, -0.1) is 0 Å². The Bertz CT molecular complexity index is 867. The van der Waals surface area contributed by atoms with Gasteiger partial charge in [0.25, 0.3) is 5.91 Å². The minimum Gasteiger partial charge on any atom is -0.378 e. The number of hydrogen-bond donors (Lipinski definition) is 1. The number of aromatic nitrogens is 1. The van der Waals surface area contributed by atoms with E-state index >= 15 is 0 Å². The molecule has 0 unspecified atom stereocenters. The number of nitrogens with one attached hydrogen (secondary N) is 1. The Morgan fingerprint density at radius 2 is 1.88 bits per heavy atom. The van der Waals surface area contributed by atoms with E-state index in [1.807, 2.05) is 49.3 Å². The van der Waals surface area contributed by atoms with Crippen LogP contribution in [0.25, 0.3) is 11.3 Å². The molecular formula is C20H21N3O2. The third kappa shape index (κ3) is 3.88. The van der Waals surface area contributed by atoms with Gasteiger partial charge in [0.2, 0.25) is 5.88 Å². The van der Waals surface area contributed by atoms with Crippen LogP contribution < -0.4 is 10.2 Å². The van der Waals surface area contributed by atoms with Crippen LogP contribution in [-0.4, -0.2) is 25.2 Å². The van der Waals surface area contributed by atoms with Crippen molar-refractivity contribution in [1.82, 2.24) is 5.16 Å². The summed E-state index contributed by atoms with van der Waals surface area (Å²) in [5.41, 5.74) is 4.44. The maximum atomic E-state index is 12.4. The van der Waals surface area contributed by atoms with Crippen LogP contribution in [0.5, 0.6) is 0 Å². The normalized spacial score (nSPS) is 10.5. The molecule has 3 aromatic rings. The van der Waals surface area contributed by atoms with Gasteiger partial charge in [-0.2, -0.15) is 0 Å². The highest BCUT2D eigenvalue weighted by atomic mass is 16.5. The van der Waals surface area contributed by atoms with E-state index in [2.05, 4.69) is 29.5 Å². The Hall–Kier alpha value is -3.08. The van der Waals surface area contributed by atoms with Crippen LogP contribution in [0.15, 0.2) is 59.1 Å². The Balaban J connectivity index is 1.74. The molecule has 128 valence electrons. The molecule has 0 bridgehead atoms. The van der Waals surface area contributed by atoms with Crippen molar-refractivity contribution >= 4 is 17.5 Å². The average molecular weight is 335 g/mol. The molecule has 1 N–H and O–H groups in total. The molecule has 5 heteroatoms. The lowest BCUT2D eigenvalue weighted by Gasteiger charge is -2.13. The van der Waals surface area contributed by atoms with Crippen LogP contribution in [0.3, 0.4) is 0 Å². The van der Waals surface area contributed by atoms with Gasteiger partial charge < -0.3 is 9.42 Å². The summed E-state index contributed by atoms with van der Waals surface area (Å²) in [6.45, 7) is 2.12. The molecule has 5 nitrogen and oxygen atoms in total. The SMILES string of the molecule is CCc1ccc(-c2cc(NC(=O)c3cccc(N(C)C)c3)on2)cc1. The van der Waals surface area contributed by atoms with Crippen molar-refractivity contribution in [2.75, 3.05) is 24.3 Å². The summed E-state index contributed by atoms with van der Waals surface area (Å²) in [6, 6.07) is 17.3. The van der Waals surface area contributed by atoms with Crippen molar-refractivity contribution in [3.63, 3.8) is 0 Å². The van der Waals surface area contributed by atoms with Gasteiger partial charge in [0.05, 0.1) is 0 Å². The minimum atomic E-state index is -0.229. The average Bonchev–Trinajstić information content (AvgIpc) is 3.10. The number of anilines is 2. The van der Waals surface area contributed by atoms with Crippen LogP contribution in [0.2, 0.25) is 0 Å². The molecule has 0 radical (unpaired) electrons. The van der Waals surface area contributed by atoms with Gasteiger partial charge in [-0.05, 0) is 30.2 Å². The fraction of sp³-hybridized carbons (Fsp3) is 0.200. The number of carbonyl (C=O) groups excluding carboxylic acids is 1. The maximum absolute atomic E-state index is 12.4. The first-order valence-electron chi connectivity index (χ1n) is 8.21. The number of hydrogen-bond acceptors (Lipinski definition) is 4. The summed E-state index contributed by atoms with van der Waals surface area (Å²) < 4.78 is 5.25. The van der Waals surface area contributed by atoms with Crippen molar-refractivity contribution in [1.29, 1.82) is 0 Å². The molecule has 1 aromatic heterocycles. The van der Waals surface area contributed by atoms with Crippen molar-refractivity contribution in [2.45, 2.75) is 13.3 Å². The predicted molar refractivity (Wildman–Crippen MR) is 100 cm³/mol. The van der Waals surface area contributed by atoms with E-state index in [1.165, 1.54) is 5.56 Å². The first kappa shape index (κ1) is 16.8. The highest BCUT2D eigenvalue weighted by Crippen LogP contribution is 2.23. The molecule has 0 atom stereocenters. The third-order valence-corrected chi connectivity index (χ3v) is 4.03. The van der Waals surface area contributed by atoms with E-state index < -0.39 is 0 Å². The molecule has 0 aliphatic carbocycles. The van der Waals surface area contributed by atoms with E-state index in [9.17, 15) is 4.79 Å². The molecule has 0 aliphatic heterocycles. The van der Waals surface area contributed by atoms with Gasteiger partial charge >= 0.3 is 0 Å². The largest absolute Gasteiger partial charge is 0.378 e. The van der Waals surface area contributed by atoms with E-state index in [4.69, 9.17) is 4.52 Å². The predicted octanol–water partition coefficient (Wildman–Crippen LogP) is 4.22. The van der Waals surface area contributed by atoms with Gasteiger partial charge in [-0.3, -0.25) is 10.1 Å². The highest BCUT2D eigenvalue weighted by molar-refractivity contribution is 6.04. The number of nitrogens with zero attached hydrogens (tertiary/aromatic N) is 2. The maximum Gasteiger partial charge on any atom is 0.258 e. The molecular weight excluding hydrogens is 314 g/mol. The van der Waals surface area contributed by atoms with Crippen molar-refractivity contribution in [2.24, 2.45) is 0 Å². The molecule has 2 aromatic carbocycles. The molecule has 0 fully saturated rings. The second-order valence-corrected chi connectivity index (χ2v) is 6.03. The first-order chi connectivity index (χ1) is 12.1. The molecule has 1 amide bonds. The quantitative estimate of drug-likeness (QED) is 0.758.